The van der Waals surface area contributed by atoms with E-state index in [0.29, 0.717) is 22.6 Å². The largest absolute Gasteiger partial charge is 0.489 e. The number of benzene rings is 2. The SMILES string of the molecule is Cn1ncnc1C1c2n[nH]c(=O)c3cc(F)cc(c23)NC1c1ccc(OC2CCNC2)cc1. The number of aromatic nitrogens is 5. The molecule has 0 amide bonds. The van der Waals surface area contributed by atoms with Gasteiger partial charge >= 0.3 is 0 Å². The molecule has 33 heavy (non-hydrogen) atoms. The van der Waals surface area contributed by atoms with E-state index in [1.165, 1.54) is 18.5 Å². The van der Waals surface area contributed by atoms with Gasteiger partial charge in [0.05, 0.1) is 23.0 Å². The number of aryl methyl sites for hydroxylation is 1. The van der Waals surface area contributed by atoms with Gasteiger partial charge in [0, 0.05) is 24.7 Å². The molecule has 3 N–H and O–H groups in total. The molecule has 0 aliphatic carbocycles. The molecule has 168 valence electrons. The molecule has 10 heteroatoms. The number of ether oxygens (including phenoxy) is 1. The zero-order chi connectivity index (χ0) is 22.5. The second-order valence-corrected chi connectivity index (χ2v) is 8.46. The van der Waals surface area contributed by atoms with E-state index in [0.717, 1.165) is 30.8 Å². The minimum atomic E-state index is -0.488. The van der Waals surface area contributed by atoms with Gasteiger partial charge in [-0.3, -0.25) is 9.48 Å². The van der Waals surface area contributed by atoms with Gasteiger partial charge in [-0.15, -0.1) is 0 Å². The molecule has 4 aromatic rings. The number of H-pyrrole nitrogens is 1. The van der Waals surface area contributed by atoms with Crippen molar-refractivity contribution >= 4 is 16.5 Å². The van der Waals surface area contributed by atoms with Crippen LogP contribution in [-0.4, -0.2) is 44.2 Å². The van der Waals surface area contributed by atoms with Crippen LogP contribution < -0.4 is 20.9 Å². The second-order valence-electron chi connectivity index (χ2n) is 8.46. The fraction of sp³-hybridized carbons (Fsp3) is 0.304. The number of halogens is 1. The molecular formula is C23H22FN7O2. The van der Waals surface area contributed by atoms with E-state index in [9.17, 15) is 9.18 Å². The fourth-order valence-corrected chi connectivity index (χ4v) is 4.85. The summed E-state index contributed by atoms with van der Waals surface area (Å²) in [6.45, 7) is 1.81. The second kappa shape index (κ2) is 7.66. The van der Waals surface area contributed by atoms with Gasteiger partial charge in [0.15, 0.2) is 0 Å². The van der Waals surface area contributed by atoms with E-state index in [1.807, 2.05) is 31.3 Å². The Morgan fingerprint density at radius 1 is 1.21 bits per heavy atom. The van der Waals surface area contributed by atoms with Crippen molar-refractivity contribution in [3.63, 3.8) is 0 Å². The Balaban J connectivity index is 1.46. The highest BCUT2D eigenvalue weighted by Crippen LogP contribution is 2.46. The van der Waals surface area contributed by atoms with Crippen LogP contribution in [0.3, 0.4) is 0 Å². The summed E-state index contributed by atoms with van der Waals surface area (Å²) in [6, 6.07) is 10.2. The normalized spacial score (nSPS) is 21.8. The summed E-state index contributed by atoms with van der Waals surface area (Å²) in [5.74, 6) is 0.633. The van der Waals surface area contributed by atoms with Gasteiger partial charge in [-0.05, 0) is 42.8 Å². The molecule has 0 spiro atoms. The highest BCUT2D eigenvalue weighted by Gasteiger charge is 2.37. The van der Waals surface area contributed by atoms with Crippen molar-refractivity contribution in [3.8, 4) is 5.75 Å². The first kappa shape index (κ1) is 19.9. The molecule has 3 unspecified atom stereocenters. The Bertz CT molecular complexity index is 1390. The monoisotopic (exact) mass is 447 g/mol. The molecule has 6 rings (SSSR count). The topological polar surface area (TPSA) is 110 Å². The van der Waals surface area contributed by atoms with E-state index in [2.05, 4.69) is 30.9 Å². The molecule has 2 aliphatic rings. The van der Waals surface area contributed by atoms with Crippen LogP contribution in [0.5, 0.6) is 5.75 Å². The predicted molar refractivity (Wildman–Crippen MR) is 120 cm³/mol. The number of nitrogens with zero attached hydrogens (tertiary/aromatic N) is 4. The van der Waals surface area contributed by atoms with Crippen molar-refractivity contribution in [2.24, 2.45) is 7.05 Å². The Morgan fingerprint density at radius 2 is 2.06 bits per heavy atom. The maximum atomic E-state index is 14.4. The first-order chi connectivity index (χ1) is 16.1. The van der Waals surface area contributed by atoms with E-state index >= 15 is 0 Å². The minimum absolute atomic E-state index is 0.170. The van der Waals surface area contributed by atoms with Crippen LogP contribution in [0.1, 0.15) is 35.5 Å². The third-order valence-electron chi connectivity index (χ3n) is 6.40. The Labute approximate surface area is 188 Å². The van der Waals surface area contributed by atoms with Crippen molar-refractivity contribution in [1.82, 2.24) is 30.3 Å². The highest BCUT2D eigenvalue weighted by atomic mass is 19.1. The number of rotatable bonds is 4. The van der Waals surface area contributed by atoms with Crippen LogP contribution in [0.15, 0.2) is 47.5 Å². The summed E-state index contributed by atoms with van der Waals surface area (Å²) in [4.78, 5) is 16.9. The first-order valence-corrected chi connectivity index (χ1v) is 10.9. The van der Waals surface area contributed by atoms with Crippen molar-refractivity contribution in [2.75, 3.05) is 18.4 Å². The van der Waals surface area contributed by atoms with Crippen molar-refractivity contribution in [2.45, 2.75) is 24.5 Å². The van der Waals surface area contributed by atoms with Gasteiger partial charge in [-0.25, -0.2) is 14.5 Å². The van der Waals surface area contributed by atoms with Crippen LogP contribution in [0, 0.1) is 5.82 Å². The van der Waals surface area contributed by atoms with Crippen LogP contribution in [0.4, 0.5) is 10.1 Å². The lowest BCUT2D eigenvalue weighted by atomic mass is 9.83. The van der Waals surface area contributed by atoms with Crippen molar-refractivity contribution in [3.05, 3.63) is 76.0 Å². The lowest BCUT2D eigenvalue weighted by Gasteiger charge is -2.33. The van der Waals surface area contributed by atoms with Gasteiger partial charge in [0.25, 0.3) is 5.56 Å². The maximum Gasteiger partial charge on any atom is 0.272 e. The van der Waals surface area contributed by atoms with Crippen molar-refractivity contribution in [1.29, 1.82) is 0 Å². The molecule has 1 saturated heterocycles. The number of hydrogen-bond donors (Lipinski definition) is 3. The van der Waals surface area contributed by atoms with E-state index < -0.39 is 11.4 Å². The van der Waals surface area contributed by atoms with Gasteiger partial charge in [-0.2, -0.15) is 10.2 Å². The average molecular weight is 447 g/mol. The lowest BCUT2D eigenvalue weighted by molar-refractivity contribution is 0.223. The third kappa shape index (κ3) is 3.34. The van der Waals surface area contributed by atoms with Crippen LogP contribution in [0.2, 0.25) is 0 Å². The maximum absolute atomic E-state index is 14.4. The van der Waals surface area contributed by atoms with Crippen LogP contribution >= 0.6 is 0 Å². The quantitative estimate of drug-likeness (QED) is 0.440. The van der Waals surface area contributed by atoms with Gasteiger partial charge < -0.3 is 15.4 Å². The molecule has 2 aliphatic heterocycles. The van der Waals surface area contributed by atoms with Crippen LogP contribution in [0.25, 0.3) is 10.8 Å². The summed E-state index contributed by atoms with van der Waals surface area (Å²) >= 11 is 0. The Kier molecular flexibility index (Phi) is 4.61. The Morgan fingerprint density at radius 3 is 2.79 bits per heavy atom. The molecule has 0 radical (unpaired) electrons. The van der Waals surface area contributed by atoms with E-state index in [-0.39, 0.29) is 23.4 Å². The summed E-state index contributed by atoms with van der Waals surface area (Å²) in [7, 11) is 1.81. The van der Waals surface area contributed by atoms with Gasteiger partial charge in [0.1, 0.15) is 29.8 Å². The minimum Gasteiger partial charge on any atom is -0.489 e. The number of hydrogen-bond acceptors (Lipinski definition) is 7. The molecule has 1 fully saturated rings. The fourth-order valence-electron chi connectivity index (χ4n) is 4.85. The Hall–Kier alpha value is -3.79. The first-order valence-electron chi connectivity index (χ1n) is 10.9. The molecule has 3 atom stereocenters. The zero-order valence-electron chi connectivity index (χ0n) is 17.9. The van der Waals surface area contributed by atoms with Crippen molar-refractivity contribution < 1.29 is 9.13 Å². The molecule has 9 nitrogen and oxygen atoms in total. The lowest BCUT2D eigenvalue weighted by Crippen LogP contribution is -2.30. The number of aromatic amines is 1. The number of anilines is 1. The molecule has 2 aromatic heterocycles. The van der Waals surface area contributed by atoms with Gasteiger partial charge in [-0.1, -0.05) is 12.1 Å². The molecular weight excluding hydrogens is 425 g/mol. The van der Waals surface area contributed by atoms with Crippen LogP contribution in [-0.2, 0) is 7.05 Å². The van der Waals surface area contributed by atoms with E-state index in [4.69, 9.17) is 4.74 Å². The van der Waals surface area contributed by atoms with E-state index in [1.54, 1.807) is 4.68 Å². The summed E-state index contributed by atoms with van der Waals surface area (Å²) in [6.07, 6.45) is 2.64. The number of nitrogens with one attached hydrogen (secondary N) is 3. The standard InChI is InChI=1S/C23H22FN7O2/c1-31-22(26-11-27-31)19-20(12-2-4-14(5-3-12)33-15-6-7-25-10-15)28-17-9-13(24)8-16-18(17)21(19)29-30-23(16)32/h2-5,8-9,11,15,19-20,25,28H,6-7,10H2,1H3,(H,30,32). The van der Waals surface area contributed by atoms with Gasteiger partial charge in [0.2, 0.25) is 0 Å². The molecule has 0 bridgehead atoms. The molecule has 0 saturated carbocycles. The summed E-state index contributed by atoms with van der Waals surface area (Å²) < 4.78 is 22.1. The average Bonchev–Trinajstić information content (AvgIpc) is 3.48. The smallest absolute Gasteiger partial charge is 0.272 e. The molecule has 4 heterocycles. The predicted octanol–water partition coefficient (Wildman–Crippen LogP) is 2.23. The zero-order valence-corrected chi connectivity index (χ0v) is 17.9. The highest BCUT2D eigenvalue weighted by molar-refractivity contribution is 5.97. The summed E-state index contributed by atoms with van der Waals surface area (Å²) in [5.41, 5.74) is 1.67. The third-order valence-corrected chi connectivity index (χ3v) is 6.40. The molecule has 2 aromatic carbocycles. The summed E-state index contributed by atoms with van der Waals surface area (Å²) in [5, 5.41) is 18.7.